The van der Waals surface area contributed by atoms with Crippen molar-refractivity contribution in [1.29, 1.82) is 0 Å². The second-order valence-corrected chi connectivity index (χ2v) is 5.80. The highest BCUT2D eigenvalue weighted by molar-refractivity contribution is 5.94. The van der Waals surface area contributed by atoms with Crippen LogP contribution < -0.4 is 0 Å². The number of hydrogen-bond donors (Lipinski definition) is 1. The molecule has 0 radical (unpaired) electrons. The van der Waals surface area contributed by atoms with Crippen molar-refractivity contribution < 1.29 is 9.90 Å². The minimum absolute atomic E-state index is 0.0552. The number of aliphatic hydroxyl groups is 1. The summed E-state index contributed by atoms with van der Waals surface area (Å²) in [5, 5.41) is 8.78. The Bertz CT molecular complexity index is 579. The molecule has 3 nitrogen and oxygen atoms in total. The second-order valence-electron chi connectivity index (χ2n) is 5.80. The molecule has 1 atom stereocenters. The van der Waals surface area contributed by atoms with Crippen LogP contribution >= 0.6 is 0 Å². The number of amides is 1. The van der Waals surface area contributed by atoms with Crippen molar-refractivity contribution in [1.82, 2.24) is 4.90 Å². The zero-order valence-corrected chi connectivity index (χ0v) is 13.0. The summed E-state index contributed by atoms with van der Waals surface area (Å²) in [6.45, 7) is 4.16. The van der Waals surface area contributed by atoms with Crippen molar-refractivity contribution in [2.75, 3.05) is 13.7 Å². The minimum atomic E-state index is 0.0552. The molecule has 1 aromatic rings. The van der Waals surface area contributed by atoms with Gasteiger partial charge in [-0.15, -0.1) is 0 Å². The largest absolute Gasteiger partial charge is 0.395 e. The van der Waals surface area contributed by atoms with Crippen molar-refractivity contribution >= 4 is 5.91 Å². The molecule has 0 aromatic heterocycles. The number of carbonyl (C=O) groups excluding carboxylic acids is 1. The van der Waals surface area contributed by atoms with Crippen LogP contribution in [0.15, 0.2) is 18.2 Å². The smallest absolute Gasteiger partial charge is 0.253 e. The molecule has 1 aromatic carbocycles. The Hall–Kier alpha value is -1.79. The third kappa shape index (κ3) is 3.86. The molecule has 1 unspecified atom stereocenters. The summed E-state index contributed by atoms with van der Waals surface area (Å²) in [4.78, 5) is 14.4. The van der Waals surface area contributed by atoms with Gasteiger partial charge in [-0.2, -0.15) is 0 Å². The van der Waals surface area contributed by atoms with Crippen LogP contribution in [0.1, 0.15) is 47.7 Å². The van der Waals surface area contributed by atoms with Gasteiger partial charge in [-0.05, 0) is 50.3 Å². The van der Waals surface area contributed by atoms with E-state index in [1.165, 1.54) is 12.8 Å². The molecule has 1 amide bonds. The van der Waals surface area contributed by atoms with Crippen molar-refractivity contribution in [2.45, 2.75) is 39.2 Å². The number of carbonyl (C=O) groups is 1. The summed E-state index contributed by atoms with van der Waals surface area (Å²) in [6, 6.07) is 5.96. The van der Waals surface area contributed by atoms with Crippen molar-refractivity contribution in [3.8, 4) is 11.8 Å². The molecule has 0 spiro atoms. The summed E-state index contributed by atoms with van der Waals surface area (Å²) in [6.07, 6.45) is 2.91. The predicted octanol–water partition coefficient (Wildman–Crippen LogP) is 2.60. The lowest BCUT2D eigenvalue weighted by molar-refractivity contribution is 0.0727. The van der Waals surface area contributed by atoms with E-state index in [2.05, 4.69) is 18.8 Å². The molecule has 112 valence electrons. The standard InChI is InChI=1S/C18H23NO2/c1-13-7-8-17(12-16(13)6-4-5-11-20)18(21)19(3)14(2)15-9-10-15/h7-8,12,14-15,20H,5,9-11H2,1-3H3. The molecule has 0 saturated heterocycles. The van der Waals surface area contributed by atoms with Crippen LogP contribution in [0.5, 0.6) is 0 Å². The third-order valence-electron chi connectivity index (χ3n) is 4.18. The molecule has 1 fully saturated rings. The van der Waals surface area contributed by atoms with Gasteiger partial charge in [-0.3, -0.25) is 4.79 Å². The van der Waals surface area contributed by atoms with Gasteiger partial charge >= 0.3 is 0 Å². The normalized spacial score (nSPS) is 15.0. The molecule has 3 heteroatoms. The average molecular weight is 285 g/mol. The molecule has 2 rings (SSSR count). The fourth-order valence-corrected chi connectivity index (χ4v) is 2.39. The van der Waals surface area contributed by atoms with Crippen LogP contribution in [0.25, 0.3) is 0 Å². The van der Waals surface area contributed by atoms with E-state index in [-0.39, 0.29) is 12.5 Å². The number of aliphatic hydroxyl groups excluding tert-OH is 1. The highest BCUT2D eigenvalue weighted by atomic mass is 16.2. The van der Waals surface area contributed by atoms with Crippen LogP contribution in [-0.2, 0) is 0 Å². The molecule has 1 N–H and O–H groups in total. The first-order valence-electron chi connectivity index (χ1n) is 7.52. The second kappa shape index (κ2) is 6.78. The Kier molecular flexibility index (Phi) is 5.03. The third-order valence-corrected chi connectivity index (χ3v) is 4.18. The summed E-state index contributed by atoms with van der Waals surface area (Å²) < 4.78 is 0. The van der Waals surface area contributed by atoms with Gasteiger partial charge in [0, 0.05) is 30.6 Å². The maximum Gasteiger partial charge on any atom is 0.253 e. The van der Waals surface area contributed by atoms with E-state index in [0.717, 1.165) is 11.1 Å². The summed E-state index contributed by atoms with van der Waals surface area (Å²) in [5.74, 6) is 6.66. The van der Waals surface area contributed by atoms with E-state index in [0.29, 0.717) is 23.9 Å². The maximum absolute atomic E-state index is 12.5. The first-order valence-corrected chi connectivity index (χ1v) is 7.52. The zero-order valence-electron chi connectivity index (χ0n) is 13.0. The molecule has 1 aliphatic rings. The molecule has 1 aliphatic carbocycles. The lowest BCUT2D eigenvalue weighted by Gasteiger charge is -2.25. The van der Waals surface area contributed by atoms with Gasteiger partial charge < -0.3 is 10.0 Å². The summed E-state index contributed by atoms with van der Waals surface area (Å²) >= 11 is 0. The SMILES string of the molecule is Cc1ccc(C(=O)N(C)C(C)C2CC2)cc1C#CCCO. The average Bonchev–Trinajstić information content (AvgIpc) is 3.32. The first-order chi connectivity index (χ1) is 10.0. The number of aryl methyl sites for hydroxylation is 1. The fraction of sp³-hybridized carbons (Fsp3) is 0.500. The predicted molar refractivity (Wildman–Crippen MR) is 84.0 cm³/mol. The van der Waals surface area contributed by atoms with E-state index < -0.39 is 0 Å². The summed E-state index contributed by atoms with van der Waals surface area (Å²) in [5.41, 5.74) is 2.60. The number of nitrogens with zero attached hydrogens (tertiary/aromatic N) is 1. The fourth-order valence-electron chi connectivity index (χ4n) is 2.39. The minimum Gasteiger partial charge on any atom is -0.395 e. The number of benzene rings is 1. The van der Waals surface area contributed by atoms with E-state index in [1.54, 1.807) is 0 Å². The van der Waals surface area contributed by atoms with Gasteiger partial charge in [0.25, 0.3) is 5.91 Å². The van der Waals surface area contributed by atoms with E-state index in [4.69, 9.17) is 5.11 Å². The highest BCUT2D eigenvalue weighted by Crippen LogP contribution is 2.35. The quantitative estimate of drug-likeness (QED) is 0.864. The molecule has 0 bridgehead atoms. The van der Waals surface area contributed by atoms with Gasteiger partial charge in [0.1, 0.15) is 0 Å². The van der Waals surface area contributed by atoms with Crippen molar-refractivity contribution in [3.63, 3.8) is 0 Å². The van der Waals surface area contributed by atoms with Crippen LogP contribution in [-0.4, -0.2) is 35.6 Å². The van der Waals surface area contributed by atoms with Gasteiger partial charge in [-0.25, -0.2) is 0 Å². The van der Waals surface area contributed by atoms with Crippen molar-refractivity contribution in [3.05, 3.63) is 34.9 Å². The Labute approximate surface area is 127 Å². The molecule has 1 saturated carbocycles. The lowest BCUT2D eigenvalue weighted by atomic mass is 10.0. The molecule has 0 heterocycles. The van der Waals surface area contributed by atoms with Crippen LogP contribution in [0.4, 0.5) is 0 Å². The Morgan fingerprint density at radius 3 is 2.81 bits per heavy atom. The number of hydrogen-bond acceptors (Lipinski definition) is 2. The van der Waals surface area contributed by atoms with E-state index >= 15 is 0 Å². The molecule has 0 aliphatic heterocycles. The Morgan fingerprint density at radius 2 is 2.19 bits per heavy atom. The topological polar surface area (TPSA) is 40.5 Å². The van der Waals surface area contributed by atoms with Crippen LogP contribution in [0.3, 0.4) is 0 Å². The Balaban J connectivity index is 2.17. The molecular formula is C18H23NO2. The lowest BCUT2D eigenvalue weighted by Crippen LogP contribution is -2.36. The Morgan fingerprint density at radius 1 is 1.48 bits per heavy atom. The van der Waals surface area contributed by atoms with E-state index in [1.807, 2.05) is 37.1 Å². The summed E-state index contributed by atoms with van der Waals surface area (Å²) in [7, 11) is 1.88. The molecular weight excluding hydrogens is 262 g/mol. The van der Waals surface area contributed by atoms with Gasteiger partial charge in [0.05, 0.1) is 6.61 Å². The highest BCUT2D eigenvalue weighted by Gasteiger charge is 2.32. The van der Waals surface area contributed by atoms with Gasteiger partial charge in [-0.1, -0.05) is 17.9 Å². The van der Waals surface area contributed by atoms with Gasteiger partial charge in [0.2, 0.25) is 0 Å². The maximum atomic E-state index is 12.5. The van der Waals surface area contributed by atoms with Crippen molar-refractivity contribution in [2.24, 2.45) is 5.92 Å². The van der Waals surface area contributed by atoms with E-state index in [9.17, 15) is 4.79 Å². The van der Waals surface area contributed by atoms with Gasteiger partial charge in [0.15, 0.2) is 0 Å². The zero-order chi connectivity index (χ0) is 15.4. The molecule has 21 heavy (non-hydrogen) atoms. The number of rotatable bonds is 4. The van der Waals surface area contributed by atoms with Crippen LogP contribution in [0, 0.1) is 24.7 Å². The first kappa shape index (κ1) is 15.6. The monoisotopic (exact) mass is 285 g/mol. The van der Waals surface area contributed by atoms with Crippen LogP contribution in [0.2, 0.25) is 0 Å².